The van der Waals surface area contributed by atoms with Crippen LogP contribution in [-0.4, -0.2) is 52.3 Å². The summed E-state index contributed by atoms with van der Waals surface area (Å²) in [5.41, 5.74) is 0.157. The van der Waals surface area contributed by atoms with Crippen molar-refractivity contribution >= 4 is 5.91 Å². The summed E-state index contributed by atoms with van der Waals surface area (Å²) in [6, 6.07) is 3.49. The zero-order valence-corrected chi connectivity index (χ0v) is 10.8. The minimum Gasteiger partial charge on any atom is -0.388 e. The summed E-state index contributed by atoms with van der Waals surface area (Å²) in [7, 11) is 0. The van der Waals surface area contributed by atoms with Crippen LogP contribution >= 0.6 is 0 Å². The fourth-order valence-electron chi connectivity index (χ4n) is 2.99. The van der Waals surface area contributed by atoms with Gasteiger partial charge in [-0.3, -0.25) is 9.78 Å². The van der Waals surface area contributed by atoms with Crippen molar-refractivity contribution in [3.8, 4) is 0 Å². The SMILES string of the molecule is O=C(c1cccnc1)N1CC[C@@]2(CCCO2)[C@@H](O)C1. The van der Waals surface area contributed by atoms with Crippen molar-refractivity contribution in [3.05, 3.63) is 30.1 Å². The van der Waals surface area contributed by atoms with Crippen molar-refractivity contribution < 1.29 is 14.6 Å². The second-order valence-corrected chi connectivity index (χ2v) is 5.28. The molecule has 1 aromatic rings. The van der Waals surface area contributed by atoms with Crippen LogP contribution in [0.3, 0.4) is 0 Å². The molecule has 3 heterocycles. The van der Waals surface area contributed by atoms with E-state index in [2.05, 4.69) is 4.98 Å². The number of aliphatic hydroxyl groups is 1. The number of nitrogens with zero attached hydrogens (tertiary/aromatic N) is 2. The van der Waals surface area contributed by atoms with Crippen molar-refractivity contribution in [2.75, 3.05) is 19.7 Å². The smallest absolute Gasteiger partial charge is 0.255 e. The number of β-amino-alcohol motifs (C(OH)–C–C–N with tert-alkyl or cyclic N) is 1. The highest BCUT2D eigenvalue weighted by Gasteiger charge is 2.46. The number of hydrogen-bond donors (Lipinski definition) is 1. The maximum Gasteiger partial charge on any atom is 0.255 e. The third kappa shape index (κ3) is 2.24. The van der Waals surface area contributed by atoms with Crippen LogP contribution < -0.4 is 0 Å². The van der Waals surface area contributed by atoms with Crippen molar-refractivity contribution in [1.29, 1.82) is 0 Å². The Labute approximate surface area is 112 Å². The van der Waals surface area contributed by atoms with E-state index >= 15 is 0 Å². The minimum atomic E-state index is -0.593. The molecule has 0 aliphatic carbocycles. The largest absolute Gasteiger partial charge is 0.388 e. The second-order valence-electron chi connectivity index (χ2n) is 5.28. The molecule has 5 heteroatoms. The lowest BCUT2D eigenvalue weighted by Crippen LogP contribution is -2.56. The van der Waals surface area contributed by atoms with E-state index in [1.54, 1.807) is 29.4 Å². The first-order chi connectivity index (χ1) is 9.21. The molecular formula is C14H18N2O3. The Morgan fingerprint density at radius 1 is 1.53 bits per heavy atom. The van der Waals surface area contributed by atoms with E-state index in [-0.39, 0.29) is 5.91 Å². The first kappa shape index (κ1) is 12.6. The van der Waals surface area contributed by atoms with Crippen LogP contribution in [0.15, 0.2) is 24.5 Å². The summed E-state index contributed by atoms with van der Waals surface area (Å²) in [4.78, 5) is 17.9. The Hall–Kier alpha value is -1.46. The number of pyridine rings is 1. The average molecular weight is 262 g/mol. The second kappa shape index (κ2) is 4.90. The molecule has 2 aliphatic rings. The highest BCUT2D eigenvalue weighted by Crippen LogP contribution is 2.36. The number of amides is 1. The van der Waals surface area contributed by atoms with Crippen molar-refractivity contribution in [2.45, 2.75) is 31.0 Å². The molecule has 0 aromatic carbocycles. The Kier molecular flexibility index (Phi) is 3.24. The number of carbonyl (C=O) groups excluding carboxylic acids is 1. The van der Waals surface area contributed by atoms with Crippen LogP contribution in [0.5, 0.6) is 0 Å². The molecular weight excluding hydrogens is 244 g/mol. The molecule has 2 saturated heterocycles. The van der Waals surface area contributed by atoms with E-state index in [9.17, 15) is 9.90 Å². The van der Waals surface area contributed by atoms with Gasteiger partial charge in [0.25, 0.3) is 5.91 Å². The van der Waals surface area contributed by atoms with E-state index in [1.807, 2.05) is 0 Å². The molecule has 1 aromatic heterocycles. The molecule has 0 unspecified atom stereocenters. The zero-order chi connectivity index (χ0) is 13.3. The van der Waals surface area contributed by atoms with Gasteiger partial charge in [0.15, 0.2) is 0 Å². The number of piperidine rings is 1. The number of likely N-dealkylation sites (tertiary alicyclic amines) is 1. The monoisotopic (exact) mass is 262 g/mol. The Bertz CT molecular complexity index is 457. The Morgan fingerprint density at radius 2 is 2.42 bits per heavy atom. The number of aliphatic hydroxyl groups excluding tert-OH is 1. The van der Waals surface area contributed by atoms with Crippen molar-refractivity contribution in [3.63, 3.8) is 0 Å². The summed E-state index contributed by atoms with van der Waals surface area (Å²) in [5, 5.41) is 10.3. The Balaban J connectivity index is 1.70. The van der Waals surface area contributed by atoms with Gasteiger partial charge >= 0.3 is 0 Å². The van der Waals surface area contributed by atoms with Crippen molar-refractivity contribution in [2.24, 2.45) is 0 Å². The van der Waals surface area contributed by atoms with Gasteiger partial charge in [0.1, 0.15) is 6.10 Å². The molecule has 2 atom stereocenters. The van der Waals surface area contributed by atoms with Crippen LogP contribution in [-0.2, 0) is 4.74 Å². The molecule has 1 N–H and O–H groups in total. The quantitative estimate of drug-likeness (QED) is 0.814. The number of hydrogen-bond acceptors (Lipinski definition) is 4. The van der Waals surface area contributed by atoms with Gasteiger partial charge in [0, 0.05) is 32.1 Å². The molecule has 2 aliphatic heterocycles. The maximum absolute atomic E-state index is 12.3. The topological polar surface area (TPSA) is 62.7 Å². The molecule has 102 valence electrons. The summed E-state index contributed by atoms with van der Waals surface area (Å²) >= 11 is 0. The van der Waals surface area contributed by atoms with Gasteiger partial charge in [-0.15, -0.1) is 0 Å². The van der Waals surface area contributed by atoms with E-state index in [1.165, 1.54) is 0 Å². The highest BCUT2D eigenvalue weighted by molar-refractivity contribution is 5.94. The molecule has 0 radical (unpaired) electrons. The molecule has 19 heavy (non-hydrogen) atoms. The molecule has 3 rings (SSSR count). The molecule has 5 nitrogen and oxygen atoms in total. The summed E-state index contributed by atoms with van der Waals surface area (Å²) in [6.45, 7) is 1.69. The summed E-state index contributed by atoms with van der Waals surface area (Å²) in [6.07, 6.45) is 5.20. The van der Waals surface area contributed by atoms with Crippen LogP contribution in [0.25, 0.3) is 0 Å². The fourth-order valence-corrected chi connectivity index (χ4v) is 2.99. The molecule has 1 spiro atoms. The predicted octanol–water partition coefficient (Wildman–Crippen LogP) is 0.838. The maximum atomic E-state index is 12.3. The zero-order valence-electron chi connectivity index (χ0n) is 10.8. The average Bonchev–Trinajstić information content (AvgIpc) is 2.92. The molecule has 0 bridgehead atoms. The lowest BCUT2D eigenvalue weighted by molar-refractivity contribution is -0.122. The van der Waals surface area contributed by atoms with E-state index in [0.29, 0.717) is 31.7 Å². The summed E-state index contributed by atoms with van der Waals surface area (Å²) < 4.78 is 5.73. The predicted molar refractivity (Wildman–Crippen MR) is 68.7 cm³/mol. The van der Waals surface area contributed by atoms with E-state index in [4.69, 9.17) is 4.74 Å². The first-order valence-corrected chi connectivity index (χ1v) is 6.73. The molecule has 1 amide bonds. The highest BCUT2D eigenvalue weighted by atomic mass is 16.5. The van der Waals surface area contributed by atoms with Crippen LogP contribution in [0.4, 0.5) is 0 Å². The van der Waals surface area contributed by atoms with Crippen LogP contribution in [0, 0.1) is 0 Å². The van der Waals surface area contributed by atoms with Crippen molar-refractivity contribution in [1.82, 2.24) is 9.88 Å². The number of carbonyl (C=O) groups is 1. The number of ether oxygens (including phenoxy) is 1. The van der Waals surface area contributed by atoms with E-state index < -0.39 is 11.7 Å². The third-order valence-electron chi connectivity index (χ3n) is 4.14. The standard InChI is InChI=1S/C14H18N2O3/c17-12-10-16(7-5-14(12)4-2-8-19-14)13(18)11-3-1-6-15-9-11/h1,3,6,9,12,17H,2,4-5,7-8,10H2/t12-,14-/m0/s1. The van der Waals surface area contributed by atoms with Crippen LogP contribution in [0.2, 0.25) is 0 Å². The van der Waals surface area contributed by atoms with Crippen LogP contribution in [0.1, 0.15) is 29.6 Å². The van der Waals surface area contributed by atoms with Gasteiger partial charge in [-0.2, -0.15) is 0 Å². The number of rotatable bonds is 1. The van der Waals surface area contributed by atoms with E-state index in [0.717, 1.165) is 12.8 Å². The fraction of sp³-hybridized carbons (Fsp3) is 0.571. The van der Waals surface area contributed by atoms with Gasteiger partial charge in [-0.05, 0) is 31.4 Å². The summed E-state index contributed by atoms with van der Waals surface area (Å²) in [5.74, 6) is -0.0694. The Morgan fingerprint density at radius 3 is 3.05 bits per heavy atom. The minimum absolute atomic E-state index is 0.0694. The molecule has 0 saturated carbocycles. The van der Waals surface area contributed by atoms with Gasteiger partial charge in [0.05, 0.1) is 11.2 Å². The normalized spacial score (nSPS) is 30.8. The van der Waals surface area contributed by atoms with Gasteiger partial charge < -0.3 is 14.7 Å². The number of aromatic nitrogens is 1. The van der Waals surface area contributed by atoms with Gasteiger partial charge in [-0.1, -0.05) is 0 Å². The first-order valence-electron chi connectivity index (χ1n) is 6.73. The van der Waals surface area contributed by atoms with Gasteiger partial charge in [0.2, 0.25) is 0 Å². The lowest BCUT2D eigenvalue weighted by Gasteiger charge is -2.42. The molecule has 2 fully saturated rings. The lowest BCUT2D eigenvalue weighted by atomic mass is 9.86. The van der Waals surface area contributed by atoms with Gasteiger partial charge in [-0.25, -0.2) is 0 Å². The third-order valence-corrected chi connectivity index (χ3v) is 4.14.